The van der Waals surface area contributed by atoms with Gasteiger partial charge in [-0.25, -0.2) is 18.4 Å². The number of nitrogen functional groups attached to an aromatic ring is 1. The number of carbonyl (C=O) groups excluding carboxylic acids is 1. The number of hydrogen-bond acceptors (Lipinski definition) is 6. The van der Waals surface area contributed by atoms with E-state index in [9.17, 15) is 13.2 Å². The number of aromatic nitrogens is 2. The lowest BCUT2D eigenvalue weighted by Gasteiger charge is -2.09. The van der Waals surface area contributed by atoms with E-state index < -0.39 is 15.9 Å². The van der Waals surface area contributed by atoms with Crippen molar-refractivity contribution in [1.82, 2.24) is 9.97 Å². The van der Waals surface area contributed by atoms with Gasteiger partial charge in [-0.15, -0.1) is 0 Å². The maximum atomic E-state index is 12.6. The van der Waals surface area contributed by atoms with Crippen LogP contribution in [-0.2, 0) is 10.0 Å². The molecule has 4 N–H and O–H groups in total. The molecule has 8 nitrogen and oxygen atoms in total. The quantitative estimate of drug-likeness (QED) is 0.607. The minimum absolute atomic E-state index is 0.0106. The highest BCUT2D eigenvalue weighted by Crippen LogP contribution is 2.20. The summed E-state index contributed by atoms with van der Waals surface area (Å²) in [6.07, 6.45) is 2.58. The van der Waals surface area contributed by atoms with Gasteiger partial charge in [0.1, 0.15) is 0 Å². The van der Waals surface area contributed by atoms with Crippen LogP contribution in [0.4, 0.5) is 17.2 Å². The number of benzene rings is 2. The highest BCUT2D eigenvalue weighted by atomic mass is 32.2. The topological polar surface area (TPSA) is 127 Å². The predicted octanol–water partition coefficient (Wildman–Crippen LogP) is 2.66. The molecule has 28 heavy (non-hydrogen) atoms. The van der Waals surface area contributed by atoms with Crippen molar-refractivity contribution in [3.63, 3.8) is 0 Å². The molecule has 1 heterocycles. The number of nitrogens with two attached hydrogens (primary N) is 1. The fraction of sp³-hybridized carbons (Fsp3) is 0.105. The van der Waals surface area contributed by atoms with E-state index in [1.54, 1.807) is 12.1 Å². The normalized spacial score (nSPS) is 11.1. The van der Waals surface area contributed by atoms with Gasteiger partial charge in [0.15, 0.2) is 11.5 Å². The molecular weight excluding hydrogens is 378 g/mol. The van der Waals surface area contributed by atoms with Gasteiger partial charge in [0.25, 0.3) is 5.91 Å². The smallest absolute Gasteiger partial charge is 0.278 e. The lowest BCUT2D eigenvalue weighted by molar-refractivity contribution is 0.102. The molecule has 9 heteroatoms. The van der Waals surface area contributed by atoms with Gasteiger partial charge >= 0.3 is 0 Å². The molecule has 0 aliphatic rings. The summed E-state index contributed by atoms with van der Waals surface area (Å²) in [4.78, 5) is 21.0. The molecule has 0 unspecified atom stereocenters. The number of nitrogens with zero attached hydrogens (tertiary/aromatic N) is 2. The molecule has 0 radical (unpaired) electrons. The first-order valence-corrected chi connectivity index (χ1v) is 10.2. The van der Waals surface area contributed by atoms with E-state index in [0.717, 1.165) is 17.4 Å². The van der Waals surface area contributed by atoms with Crippen molar-refractivity contribution in [1.29, 1.82) is 0 Å². The first-order chi connectivity index (χ1) is 13.2. The van der Waals surface area contributed by atoms with E-state index in [2.05, 4.69) is 20.0 Å². The van der Waals surface area contributed by atoms with Gasteiger partial charge in [0, 0.05) is 16.9 Å². The van der Waals surface area contributed by atoms with Crippen LogP contribution in [0, 0.1) is 6.92 Å². The zero-order chi connectivity index (χ0) is 20.3. The summed E-state index contributed by atoms with van der Waals surface area (Å²) in [7, 11) is -3.37. The maximum Gasteiger partial charge on any atom is 0.278 e. The Kier molecular flexibility index (Phi) is 5.27. The summed E-state index contributed by atoms with van der Waals surface area (Å²) in [6.45, 7) is 1.98. The molecule has 3 aromatic rings. The molecule has 0 aliphatic heterocycles. The predicted molar refractivity (Wildman–Crippen MR) is 109 cm³/mol. The third-order valence-corrected chi connectivity index (χ3v) is 4.42. The summed E-state index contributed by atoms with van der Waals surface area (Å²) in [5.74, 6) is -0.494. The number of anilines is 3. The Bertz CT molecular complexity index is 1110. The van der Waals surface area contributed by atoms with Gasteiger partial charge < -0.3 is 11.1 Å². The Labute approximate surface area is 162 Å². The van der Waals surface area contributed by atoms with Gasteiger partial charge in [-0.2, -0.15) is 0 Å². The van der Waals surface area contributed by atoms with E-state index >= 15 is 0 Å². The molecule has 0 fully saturated rings. The number of nitrogens with one attached hydrogen (secondary N) is 2. The standard InChI is InChI=1S/C19H19N5O3S/c1-12-3-5-13(6-4-12)16-11-21-18(20)17(23-16)19(25)22-14-7-9-15(10-8-14)24-28(2,26)27/h3-11,24H,1-2H3,(H2,20,21)(H,22,25). The number of rotatable bonds is 5. The minimum atomic E-state index is -3.37. The van der Waals surface area contributed by atoms with Gasteiger partial charge in [0.2, 0.25) is 10.0 Å². The van der Waals surface area contributed by atoms with E-state index in [1.807, 2.05) is 31.2 Å². The minimum Gasteiger partial charge on any atom is -0.382 e. The number of carbonyl (C=O) groups is 1. The van der Waals surface area contributed by atoms with Gasteiger partial charge in [-0.05, 0) is 31.2 Å². The number of sulfonamides is 1. The Hall–Kier alpha value is -3.46. The molecule has 1 amide bonds. The largest absolute Gasteiger partial charge is 0.382 e. The van der Waals surface area contributed by atoms with Crippen LogP contribution in [-0.4, -0.2) is 30.5 Å². The molecule has 3 rings (SSSR count). The fourth-order valence-corrected chi connectivity index (χ4v) is 3.02. The summed E-state index contributed by atoms with van der Waals surface area (Å²) >= 11 is 0. The van der Waals surface area contributed by atoms with Crippen LogP contribution in [0.3, 0.4) is 0 Å². The van der Waals surface area contributed by atoms with E-state index in [4.69, 9.17) is 5.73 Å². The van der Waals surface area contributed by atoms with Crippen molar-refractivity contribution in [2.24, 2.45) is 0 Å². The lowest BCUT2D eigenvalue weighted by atomic mass is 10.1. The Morgan fingerprint density at radius 1 is 1.00 bits per heavy atom. The SMILES string of the molecule is Cc1ccc(-c2cnc(N)c(C(=O)Nc3ccc(NS(C)(=O)=O)cc3)n2)cc1. The van der Waals surface area contributed by atoms with Gasteiger partial charge in [-0.3, -0.25) is 9.52 Å². The summed E-state index contributed by atoms with van der Waals surface area (Å²) in [5, 5.41) is 2.68. The fourth-order valence-electron chi connectivity index (χ4n) is 2.45. The van der Waals surface area contributed by atoms with Gasteiger partial charge in [0.05, 0.1) is 18.1 Å². The molecule has 0 aliphatic carbocycles. The summed E-state index contributed by atoms with van der Waals surface area (Å²) < 4.78 is 24.8. The zero-order valence-electron chi connectivity index (χ0n) is 15.3. The Balaban J connectivity index is 1.80. The van der Waals surface area contributed by atoms with Gasteiger partial charge in [-0.1, -0.05) is 29.8 Å². The lowest BCUT2D eigenvalue weighted by Crippen LogP contribution is -2.17. The third kappa shape index (κ3) is 4.83. The summed E-state index contributed by atoms with van der Waals surface area (Å²) in [6, 6.07) is 13.9. The molecule has 1 aromatic heterocycles. The summed E-state index contributed by atoms with van der Waals surface area (Å²) in [5.41, 5.74) is 9.16. The Morgan fingerprint density at radius 2 is 1.61 bits per heavy atom. The monoisotopic (exact) mass is 397 g/mol. The Morgan fingerprint density at radius 3 is 2.21 bits per heavy atom. The second-order valence-corrected chi connectivity index (χ2v) is 8.01. The van der Waals surface area contributed by atoms with Crippen molar-refractivity contribution >= 4 is 33.1 Å². The average molecular weight is 397 g/mol. The number of aryl methyl sites for hydroxylation is 1. The zero-order valence-corrected chi connectivity index (χ0v) is 16.1. The molecular formula is C19H19N5O3S. The van der Waals surface area contributed by atoms with Crippen LogP contribution in [0.25, 0.3) is 11.3 Å². The van der Waals surface area contributed by atoms with Crippen molar-refractivity contribution in [2.45, 2.75) is 6.92 Å². The molecule has 0 atom stereocenters. The first-order valence-electron chi connectivity index (χ1n) is 8.30. The highest BCUT2D eigenvalue weighted by Gasteiger charge is 2.15. The number of amides is 1. The maximum absolute atomic E-state index is 12.6. The second-order valence-electron chi connectivity index (χ2n) is 6.26. The molecule has 0 saturated carbocycles. The highest BCUT2D eigenvalue weighted by molar-refractivity contribution is 7.92. The van der Waals surface area contributed by atoms with Crippen LogP contribution in [0.2, 0.25) is 0 Å². The van der Waals surface area contributed by atoms with Crippen LogP contribution in [0.1, 0.15) is 16.1 Å². The third-order valence-electron chi connectivity index (χ3n) is 3.81. The molecule has 2 aromatic carbocycles. The van der Waals surface area contributed by atoms with Crippen molar-refractivity contribution in [3.05, 3.63) is 66.0 Å². The van der Waals surface area contributed by atoms with Crippen LogP contribution >= 0.6 is 0 Å². The van der Waals surface area contributed by atoms with E-state index in [0.29, 0.717) is 17.1 Å². The van der Waals surface area contributed by atoms with Crippen molar-refractivity contribution in [2.75, 3.05) is 22.0 Å². The number of hydrogen-bond donors (Lipinski definition) is 3. The average Bonchev–Trinajstić information content (AvgIpc) is 2.63. The molecule has 144 valence electrons. The van der Waals surface area contributed by atoms with Crippen molar-refractivity contribution < 1.29 is 13.2 Å². The van der Waals surface area contributed by atoms with Crippen LogP contribution < -0.4 is 15.8 Å². The second kappa shape index (κ2) is 7.65. The first kappa shape index (κ1) is 19.3. The van der Waals surface area contributed by atoms with E-state index in [-0.39, 0.29) is 11.5 Å². The van der Waals surface area contributed by atoms with E-state index in [1.165, 1.54) is 18.3 Å². The molecule has 0 bridgehead atoms. The van der Waals surface area contributed by atoms with Crippen LogP contribution in [0.15, 0.2) is 54.7 Å². The van der Waals surface area contributed by atoms with Crippen LogP contribution in [0.5, 0.6) is 0 Å². The van der Waals surface area contributed by atoms with Crippen molar-refractivity contribution in [3.8, 4) is 11.3 Å². The molecule has 0 spiro atoms. The molecule has 0 saturated heterocycles.